The number of anilines is 1. The van der Waals surface area contributed by atoms with E-state index in [9.17, 15) is 4.79 Å². The Morgan fingerprint density at radius 1 is 1.04 bits per heavy atom. The summed E-state index contributed by atoms with van der Waals surface area (Å²) in [5, 5.41) is 4.39. The van der Waals surface area contributed by atoms with Gasteiger partial charge in [-0.15, -0.1) is 0 Å². The summed E-state index contributed by atoms with van der Waals surface area (Å²) < 4.78 is 15.0. The molecule has 0 fully saturated rings. The van der Waals surface area contributed by atoms with Crippen LogP contribution in [0.4, 0.5) is 5.82 Å². The van der Waals surface area contributed by atoms with Crippen LogP contribution in [0.1, 0.15) is 35.6 Å². The molecule has 0 saturated carbocycles. The van der Waals surface area contributed by atoms with Crippen molar-refractivity contribution in [1.82, 2.24) is 39.1 Å². The number of benzene rings is 2. The molecule has 2 aromatic carbocycles. The minimum Gasteiger partial charge on any atom is -0.497 e. The van der Waals surface area contributed by atoms with Crippen molar-refractivity contribution in [3.63, 3.8) is 0 Å². The van der Waals surface area contributed by atoms with E-state index in [0.29, 0.717) is 36.2 Å². The first-order valence-corrected chi connectivity index (χ1v) is 16.9. The van der Waals surface area contributed by atoms with Gasteiger partial charge in [-0.3, -0.25) is 14.3 Å². The predicted molar refractivity (Wildman–Crippen MR) is 197 cm³/mol. The van der Waals surface area contributed by atoms with Gasteiger partial charge >= 0.3 is 0 Å². The minimum atomic E-state index is -0.0808. The molecule has 7 rings (SSSR count). The highest BCUT2D eigenvalue weighted by Gasteiger charge is 2.30. The first kappa shape index (κ1) is 33.5. The van der Waals surface area contributed by atoms with Gasteiger partial charge in [-0.2, -0.15) is 5.10 Å². The number of fused-ring (bicyclic) bond motifs is 2. The average Bonchev–Trinajstić information content (AvgIpc) is 3.93. The third kappa shape index (κ3) is 6.65. The quantitative estimate of drug-likeness (QED) is 0.150. The Labute approximate surface area is 296 Å². The van der Waals surface area contributed by atoms with Crippen molar-refractivity contribution < 1.29 is 14.3 Å². The first-order valence-electron chi connectivity index (χ1n) is 16.9. The molecule has 12 heteroatoms. The molecule has 4 heterocycles. The number of pyridine rings is 2. The number of nitrogens with two attached hydrogens (primary N) is 1. The van der Waals surface area contributed by atoms with Crippen molar-refractivity contribution in [2.45, 2.75) is 31.8 Å². The number of nitrogens with zero attached hydrogens (tertiary/aromatic N) is 8. The Morgan fingerprint density at radius 3 is 2.69 bits per heavy atom. The summed E-state index contributed by atoms with van der Waals surface area (Å²) in [7, 11) is 5.15. The Bertz CT molecular complexity index is 2190. The summed E-state index contributed by atoms with van der Waals surface area (Å²) in [5.41, 5.74) is 13.1. The van der Waals surface area contributed by atoms with E-state index in [1.807, 2.05) is 55.7 Å². The molecule has 260 valence electrons. The predicted octanol–water partition coefficient (Wildman–Crippen LogP) is 5.79. The number of amides is 1. The summed E-state index contributed by atoms with van der Waals surface area (Å²) in [4.78, 5) is 30.8. The van der Waals surface area contributed by atoms with Crippen molar-refractivity contribution in [3.05, 3.63) is 115 Å². The number of ether oxygens (including phenoxy) is 2. The van der Waals surface area contributed by atoms with E-state index in [2.05, 4.69) is 50.4 Å². The van der Waals surface area contributed by atoms with Crippen LogP contribution in [-0.4, -0.2) is 79.4 Å². The maximum absolute atomic E-state index is 12.2. The third-order valence-electron chi connectivity index (χ3n) is 9.54. The Hall–Kier alpha value is -6.01. The Kier molecular flexibility index (Phi) is 9.49. The van der Waals surface area contributed by atoms with E-state index in [1.54, 1.807) is 36.2 Å². The molecule has 51 heavy (non-hydrogen) atoms. The molecule has 1 aliphatic carbocycles. The zero-order valence-corrected chi connectivity index (χ0v) is 29.1. The van der Waals surface area contributed by atoms with Gasteiger partial charge in [0.2, 0.25) is 5.91 Å². The van der Waals surface area contributed by atoms with Crippen LogP contribution in [0.3, 0.4) is 0 Å². The number of nitrogen functional groups attached to an aromatic ring is 1. The van der Waals surface area contributed by atoms with Crippen LogP contribution in [0.15, 0.2) is 98.0 Å². The highest BCUT2D eigenvalue weighted by molar-refractivity contribution is 5.86. The van der Waals surface area contributed by atoms with Gasteiger partial charge in [0.15, 0.2) is 17.3 Å². The van der Waals surface area contributed by atoms with E-state index >= 15 is 0 Å². The maximum Gasteiger partial charge on any atom is 0.245 e. The number of rotatable bonds is 13. The van der Waals surface area contributed by atoms with Crippen molar-refractivity contribution in [1.29, 1.82) is 0 Å². The molecule has 2 N–H and O–H groups in total. The molecule has 0 unspecified atom stereocenters. The average molecular weight is 684 g/mol. The molecule has 4 aromatic heterocycles. The van der Waals surface area contributed by atoms with Crippen molar-refractivity contribution in [2.24, 2.45) is 0 Å². The molecule has 0 radical (unpaired) electrons. The number of hydrogen-bond acceptors (Lipinski definition) is 9. The topological polar surface area (TPSA) is 129 Å². The van der Waals surface area contributed by atoms with Crippen molar-refractivity contribution in [3.8, 4) is 34.4 Å². The van der Waals surface area contributed by atoms with Gasteiger partial charge in [0.25, 0.3) is 0 Å². The lowest BCUT2D eigenvalue weighted by Gasteiger charge is -2.31. The summed E-state index contributed by atoms with van der Waals surface area (Å²) >= 11 is 0. The largest absolute Gasteiger partial charge is 0.497 e. The summed E-state index contributed by atoms with van der Waals surface area (Å²) in [6.07, 6.45) is 9.30. The number of likely N-dealkylation sites (N-methyl/N-ethyl adjacent to an activating group) is 1. The summed E-state index contributed by atoms with van der Waals surface area (Å²) in [6, 6.07) is 22.3. The fourth-order valence-electron chi connectivity index (χ4n) is 6.93. The smallest absolute Gasteiger partial charge is 0.245 e. The third-order valence-corrected chi connectivity index (χ3v) is 9.54. The lowest BCUT2D eigenvalue weighted by molar-refractivity contribution is -0.124. The highest BCUT2D eigenvalue weighted by atomic mass is 16.5. The number of imidazole rings is 1. The number of carbonyl (C=O) groups is 1. The van der Waals surface area contributed by atoms with E-state index in [1.165, 1.54) is 17.2 Å². The van der Waals surface area contributed by atoms with Gasteiger partial charge in [-0.25, -0.2) is 19.6 Å². The minimum absolute atomic E-state index is 0.0808. The summed E-state index contributed by atoms with van der Waals surface area (Å²) in [5.74, 6) is 3.20. The van der Waals surface area contributed by atoms with Crippen LogP contribution >= 0.6 is 0 Å². The molecule has 12 nitrogen and oxygen atoms in total. The van der Waals surface area contributed by atoms with Gasteiger partial charge in [0, 0.05) is 68.6 Å². The van der Waals surface area contributed by atoms with E-state index < -0.39 is 0 Å². The fourth-order valence-corrected chi connectivity index (χ4v) is 6.93. The number of hydrogen-bond donors (Lipinski definition) is 1. The van der Waals surface area contributed by atoms with Gasteiger partial charge in [-0.1, -0.05) is 18.7 Å². The number of aromatic nitrogens is 6. The second-order valence-electron chi connectivity index (χ2n) is 12.6. The van der Waals surface area contributed by atoms with Crippen LogP contribution in [0, 0.1) is 0 Å². The summed E-state index contributed by atoms with van der Waals surface area (Å²) in [6.45, 7) is 5.72. The zero-order chi connectivity index (χ0) is 35.5. The maximum atomic E-state index is 12.2. The van der Waals surface area contributed by atoms with Gasteiger partial charge in [-0.05, 0) is 85.0 Å². The molecule has 1 atom stereocenters. The van der Waals surface area contributed by atoms with Crippen molar-refractivity contribution >= 4 is 22.9 Å². The highest BCUT2D eigenvalue weighted by Crippen LogP contribution is 2.40. The molecule has 1 aliphatic rings. The molecule has 6 aromatic rings. The second kappa shape index (κ2) is 14.5. The van der Waals surface area contributed by atoms with Crippen LogP contribution in [0.25, 0.3) is 34.1 Å². The lowest BCUT2D eigenvalue weighted by atomic mass is 10.0. The molecular weight excluding hydrogens is 642 g/mol. The van der Waals surface area contributed by atoms with E-state index in [0.717, 1.165) is 59.6 Å². The van der Waals surface area contributed by atoms with E-state index in [-0.39, 0.29) is 11.9 Å². The number of aryl methyl sites for hydroxylation is 1. The van der Waals surface area contributed by atoms with Crippen molar-refractivity contribution in [2.75, 3.05) is 40.1 Å². The molecule has 0 saturated heterocycles. The van der Waals surface area contributed by atoms with Gasteiger partial charge in [0.05, 0.1) is 19.8 Å². The number of methoxy groups -OCH3 is 2. The van der Waals surface area contributed by atoms with Gasteiger partial charge < -0.3 is 20.1 Å². The Morgan fingerprint density at radius 2 is 1.92 bits per heavy atom. The SMILES string of the molecule is C=CC(=O)N(C)CCCN(Cc1ccc(OC)cc1OC)[C@H]1CCc2cc(-n3c(-c4cccnc4N)nc4ccc(-n5cccn5)nc43)ccc21. The molecule has 0 aliphatic heterocycles. The van der Waals surface area contributed by atoms with Crippen LogP contribution < -0.4 is 15.2 Å². The van der Waals surface area contributed by atoms with E-state index in [4.69, 9.17) is 25.2 Å². The van der Waals surface area contributed by atoms with Crippen LogP contribution in [0.2, 0.25) is 0 Å². The zero-order valence-electron chi connectivity index (χ0n) is 29.1. The molecular formula is C39H41N9O3. The normalized spacial score (nSPS) is 13.8. The second-order valence-corrected chi connectivity index (χ2v) is 12.6. The standard InChI is InChI=1S/C39H41N9O3/c1-5-36(49)45(2)20-8-21-46(25-27-10-13-29(50-3)24-34(27)51-4)33-16-11-26-23-28(12-14-30(26)33)48-38(31-9-6-18-41-37(31)40)43-32-15-17-35(44-39(32)48)47-22-7-19-42-47/h5-7,9-10,12-15,17-19,22-24,33H,1,8,11,16,20-21,25H2,2-4H3,(H2,40,41)/t33-/m0/s1. The molecule has 0 spiro atoms. The van der Waals surface area contributed by atoms with Crippen LogP contribution in [0.5, 0.6) is 11.5 Å². The van der Waals surface area contributed by atoms with Gasteiger partial charge in [0.1, 0.15) is 22.8 Å². The van der Waals surface area contributed by atoms with Crippen LogP contribution in [-0.2, 0) is 17.8 Å². The first-order chi connectivity index (χ1) is 24.9. The lowest BCUT2D eigenvalue weighted by Crippen LogP contribution is -2.32. The monoisotopic (exact) mass is 683 g/mol. The molecule has 1 amide bonds. The Balaban J connectivity index is 1.27. The fraction of sp³-hybridized carbons (Fsp3) is 0.256. The molecule has 0 bridgehead atoms. The number of carbonyl (C=O) groups excluding carboxylic acids is 1.